The highest BCUT2D eigenvalue weighted by Gasteiger charge is 2.27. The van der Waals surface area contributed by atoms with E-state index in [1.807, 2.05) is 18.2 Å². The number of ether oxygens (including phenoxy) is 2. The maximum Gasteiger partial charge on any atom is 0.407 e. The van der Waals surface area contributed by atoms with E-state index in [9.17, 15) is 22.8 Å². The monoisotopic (exact) mass is 863 g/mol. The molecular weight excluding hydrogens is 811 g/mol. The molecule has 2 aliphatic carbocycles. The van der Waals surface area contributed by atoms with Gasteiger partial charge in [0.25, 0.3) is 5.91 Å². The van der Waals surface area contributed by atoms with Gasteiger partial charge in [0.15, 0.2) is 16.1 Å². The summed E-state index contributed by atoms with van der Waals surface area (Å²) in [6, 6.07) is 25.7. The van der Waals surface area contributed by atoms with Gasteiger partial charge in [-0.3, -0.25) is 9.59 Å². The number of carbonyl (C=O) groups excluding carboxylic acids is 3. The number of sulfone groups is 1. The highest BCUT2D eigenvalue weighted by molar-refractivity contribution is 7.95. The van der Waals surface area contributed by atoms with E-state index in [0.717, 1.165) is 54.4 Å². The van der Waals surface area contributed by atoms with Crippen LogP contribution in [0.4, 0.5) is 10.5 Å². The van der Waals surface area contributed by atoms with Gasteiger partial charge in [0.05, 0.1) is 10.9 Å². The number of rotatable bonds is 10. The van der Waals surface area contributed by atoms with Gasteiger partial charge >= 0.3 is 6.09 Å². The minimum atomic E-state index is -3.29. The second-order valence-corrected chi connectivity index (χ2v) is 19.6. The summed E-state index contributed by atoms with van der Waals surface area (Å²) < 4.78 is 33.5. The van der Waals surface area contributed by atoms with Crippen LogP contribution in [-0.4, -0.2) is 56.6 Å². The first-order valence-corrected chi connectivity index (χ1v) is 23.3. The Morgan fingerprint density at radius 2 is 1.70 bits per heavy atom. The summed E-state index contributed by atoms with van der Waals surface area (Å²) in [6.07, 6.45) is 12.6. The number of allylic oxidation sites excluding steroid dienone is 3. The Hall–Kier alpha value is -5.34. The van der Waals surface area contributed by atoms with Crippen molar-refractivity contribution in [2.75, 3.05) is 18.2 Å². The number of carbonyl (C=O) groups is 3. The first kappa shape index (κ1) is 43.7. The number of primary amides is 1. The number of alkyl carbamates (subject to hydrolysis) is 1. The third kappa shape index (κ3) is 11.1. The number of hydrogen-bond donors (Lipinski definition) is 2. The Bertz CT molecular complexity index is 2470. The first-order valence-electron chi connectivity index (χ1n) is 20.8. The van der Waals surface area contributed by atoms with Crippen LogP contribution in [0.1, 0.15) is 86.4 Å². The number of hydrogen-bond acceptors (Lipinski definition) is 9. The fourth-order valence-corrected chi connectivity index (χ4v) is 10.2. The molecule has 11 nitrogen and oxygen atoms in total. The predicted octanol–water partition coefficient (Wildman–Crippen LogP) is 9.10. The topological polar surface area (TPSA) is 154 Å². The number of nitrogens with one attached hydrogen (secondary N) is 1. The molecule has 1 fully saturated rings. The summed E-state index contributed by atoms with van der Waals surface area (Å²) in [7, 11) is -3.29. The number of aryl methyl sites for hydroxylation is 1. The molecule has 61 heavy (non-hydrogen) atoms. The number of anilines is 1. The summed E-state index contributed by atoms with van der Waals surface area (Å²) in [6.45, 7) is 6.13. The highest BCUT2D eigenvalue weighted by atomic mass is 32.2. The van der Waals surface area contributed by atoms with Gasteiger partial charge in [0.2, 0.25) is 5.91 Å². The molecule has 1 aromatic heterocycles. The standard InChI is InChI=1S/C41H44N2O5S.C7H9NO3S/c1-41(2,3)47-40(45)42-23-22-38(44)43(48-39-13-6-7-24-46-39)31-11-8-10-29(26-31)36-20-21-37(49-36)30-16-17-33-28(25-30)15-19-34-32-12-5-4-9-27(32)14-18-35(33)34;8-7(9)5-6-3-1-2-4-12(6,10)11/h4-5,8-12,15,19-21,25-26,39H,6-7,13-14,16-18,22-24H2,1-3H3,(H,42,45);1-4,6H,5H2,(H2,8,9). The average Bonchev–Trinajstić information content (AvgIpc) is 3.74. The largest absolute Gasteiger partial charge is 0.444 e. The molecule has 0 radical (unpaired) electrons. The summed E-state index contributed by atoms with van der Waals surface area (Å²) in [5.41, 5.74) is 15.9. The summed E-state index contributed by atoms with van der Waals surface area (Å²) in [5.74, 6) is -0.880. The molecule has 3 heterocycles. The van der Waals surface area contributed by atoms with Crippen LogP contribution in [0.3, 0.4) is 0 Å². The zero-order valence-corrected chi connectivity index (χ0v) is 36.5. The smallest absolute Gasteiger partial charge is 0.407 e. The highest BCUT2D eigenvalue weighted by Crippen LogP contribution is 2.42. The quantitative estimate of drug-likeness (QED) is 0.150. The zero-order valence-electron chi connectivity index (χ0n) is 34.9. The number of thiophene rings is 1. The van der Waals surface area contributed by atoms with Crippen molar-refractivity contribution in [3.63, 3.8) is 0 Å². The maximum absolute atomic E-state index is 13.5. The predicted molar refractivity (Wildman–Crippen MR) is 241 cm³/mol. The van der Waals surface area contributed by atoms with Gasteiger partial charge in [-0.2, -0.15) is 5.06 Å². The van der Waals surface area contributed by atoms with Crippen LogP contribution in [0.25, 0.3) is 33.2 Å². The van der Waals surface area contributed by atoms with Crippen molar-refractivity contribution in [3.8, 4) is 21.6 Å². The van der Waals surface area contributed by atoms with Crippen molar-refractivity contribution in [3.05, 3.63) is 124 Å². The Morgan fingerprint density at radius 3 is 2.48 bits per heavy atom. The Labute approximate surface area is 362 Å². The molecule has 0 saturated carbocycles. The van der Waals surface area contributed by atoms with Crippen LogP contribution in [0.2, 0.25) is 0 Å². The lowest BCUT2D eigenvalue weighted by molar-refractivity contribution is -0.177. The third-order valence-corrected chi connectivity index (χ3v) is 13.7. The molecule has 320 valence electrons. The van der Waals surface area contributed by atoms with Crippen LogP contribution >= 0.6 is 11.3 Å². The number of amides is 3. The molecule has 3 N–H and O–H groups in total. The summed E-state index contributed by atoms with van der Waals surface area (Å²) in [4.78, 5) is 44.7. The Morgan fingerprint density at radius 1 is 0.902 bits per heavy atom. The second-order valence-electron chi connectivity index (χ2n) is 16.5. The molecule has 3 aromatic carbocycles. The van der Waals surface area contributed by atoms with Crippen molar-refractivity contribution in [1.29, 1.82) is 0 Å². The molecule has 2 atom stereocenters. The molecule has 0 spiro atoms. The molecule has 13 heteroatoms. The fraction of sp³-hybridized carbons (Fsp3) is 0.354. The minimum absolute atomic E-state index is 0.0463. The molecule has 2 aliphatic heterocycles. The fourth-order valence-electron chi connectivity index (χ4n) is 7.90. The molecule has 0 bridgehead atoms. The van der Waals surface area contributed by atoms with Gasteiger partial charge in [0.1, 0.15) is 5.60 Å². The van der Waals surface area contributed by atoms with E-state index in [1.165, 1.54) is 61.0 Å². The van der Waals surface area contributed by atoms with Gasteiger partial charge in [-0.25, -0.2) is 18.0 Å². The van der Waals surface area contributed by atoms with Crippen molar-refractivity contribution < 1.29 is 37.1 Å². The van der Waals surface area contributed by atoms with Gasteiger partial charge in [0, 0.05) is 47.6 Å². The molecule has 4 aromatic rings. The van der Waals surface area contributed by atoms with E-state index >= 15 is 0 Å². The van der Waals surface area contributed by atoms with Gasteiger partial charge in [-0.05, 0) is 128 Å². The van der Waals surface area contributed by atoms with E-state index in [-0.39, 0.29) is 25.3 Å². The Kier molecular flexibility index (Phi) is 13.7. The molecule has 2 unspecified atom stereocenters. The number of fused-ring (bicyclic) bond motifs is 5. The van der Waals surface area contributed by atoms with E-state index in [1.54, 1.807) is 38.2 Å². The van der Waals surface area contributed by atoms with Crippen molar-refractivity contribution >= 4 is 56.4 Å². The normalized spacial score (nSPS) is 18.6. The number of nitrogens with zero attached hydrogens (tertiary/aromatic N) is 1. The van der Waals surface area contributed by atoms with E-state index in [4.69, 9.17) is 20.0 Å². The molecule has 1 saturated heterocycles. The molecule has 8 rings (SSSR count). The van der Waals surface area contributed by atoms with Gasteiger partial charge < -0.3 is 20.5 Å². The Balaban J connectivity index is 0.000000404. The van der Waals surface area contributed by atoms with Crippen LogP contribution < -0.4 is 16.1 Å². The first-order chi connectivity index (χ1) is 29.2. The lowest BCUT2D eigenvalue weighted by Gasteiger charge is -2.29. The van der Waals surface area contributed by atoms with Crippen LogP contribution in [0.15, 0.2) is 96.4 Å². The summed E-state index contributed by atoms with van der Waals surface area (Å²) in [5, 5.41) is 4.32. The third-order valence-electron chi connectivity index (χ3n) is 10.8. The number of hydroxylamine groups is 1. The van der Waals surface area contributed by atoms with Crippen LogP contribution in [0, 0.1) is 0 Å². The molecular formula is C48H53N3O8S2. The van der Waals surface area contributed by atoms with Crippen molar-refractivity contribution in [2.24, 2.45) is 5.73 Å². The summed E-state index contributed by atoms with van der Waals surface area (Å²) >= 11 is 1.77. The molecule has 3 amide bonds. The van der Waals surface area contributed by atoms with Crippen molar-refractivity contribution in [1.82, 2.24) is 5.32 Å². The maximum atomic E-state index is 13.5. The van der Waals surface area contributed by atoms with Crippen LogP contribution in [0.5, 0.6) is 0 Å². The van der Waals surface area contributed by atoms with Crippen molar-refractivity contribution in [2.45, 2.75) is 95.7 Å². The van der Waals surface area contributed by atoms with Crippen LogP contribution in [-0.2, 0) is 53.0 Å². The zero-order chi connectivity index (χ0) is 43.1. The lowest BCUT2D eigenvalue weighted by Crippen LogP contribution is -2.40. The SMILES string of the molecule is CC(C)(C)OC(=O)NCCC(=O)N(OC1CCCCO1)c1cccc(-c2ccc(C3=Cc4ccc5c(c4CC3)CCc3ccccc3-5)s2)c1.NC(=O)CC1C=CC=CS1(=O)=O. The second kappa shape index (κ2) is 19.1. The number of nitrogens with two attached hydrogens (primary N) is 1. The minimum Gasteiger partial charge on any atom is -0.444 e. The molecule has 4 aliphatic rings. The average molecular weight is 864 g/mol. The van der Waals surface area contributed by atoms with Gasteiger partial charge in [-0.1, -0.05) is 72.8 Å². The lowest BCUT2D eigenvalue weighted by atomic mass is 9.78. The van der Waals surface area contributed by atoms with E-state index in [0.29, 0.717) is 18.7 Å². The van der Waals surface area contributed by atoms with Gasteiger partial charge in [-0.15, -0.1) is 11.3 Å². The van der Waals surface area contributed by atoms with E-state index in [2.05, 4.69) is 66.0 Å². The number of benzene rings is 3. The van der Waals surface area contributed by atoms with E-state index < -0.39 is 39.0 Å².